The largest absolute Gasteiger partial charge is 0.398 e. The first kappa shape index (κ1) is 14.2. The molecule has 1 aromatic heterocycles. The second-order valence-corrected chi connectivity index (χ2v) is 6.25. The van der Waals surface area contributed by atoms with Crippen LogP contribution in [0.15, 0.2) is 35.2 Å². The molecule has 1 heterocycles. The molecule has 0 saturated carbocycles. The lowest BCUT2D eigenvalue weighted by atomic mass is 10.3. The van der Waals surface area contributed by atoms with Gasteiger partial charge in [-0.15, -0.1) is 23.1 Å². The monoisotopic (exact) mass is 313 g/mol. The Bertz CT molecular complexity index is 580. The molecule has 1 amide bonds. The average molecular weight is 314 g/mol. The minimum Gasteiger partial charge on any atom is -0.398 e. The number of rotatable bonds is 4. The van der Waals surface area contributed by atoms with Crippen molar-refractivity contribution < 1.29 is 4.79 Å². The molecule has 0 aliphatic heterocycles. The Morgan fingerprint density at radius 2 is 2.16 bits per heavy atom. The maximum Gasteiger partial charge on any atom is 0.275 e. The van der Waals surface area contributed by atoms with Crippen molar-refractivity contribution in [2.45, 2.75) is 10.6 Å². The number of halogens is 1. The number of carbonyl (C=O) groups excluding carboxylic acids is 1. The second-order valence-electron chi connectivity index (χ2n) is 3.69. The molecule has 2 rings (SSSR count). The zero-order valence-corrected chi connectivity index (χ0v) is 12.2. The van der Waals surface area contributed by atoms with Gasteiger partial charge in [0.15, 0.2) is 0 Å². The van der Waals surface area contributed by atoms with Crippen molar-refractivity contribution in [1.82, 2.24) is 5.43 Å². The Morgan fingerprint density at radius 3 is 2.84 bits per heavy atom. The average Bonchev–Trinajstić information content (AvgIpc) is 2.86. The molecule has 0 fully saturated rings. The van der Waals surface area contributed by atoms with E-state index in [1.54, 1.807) is 17.8 Å². The van der Waals surface area contributed by atoms with E-state index in [-0.39, 0.29) is 5.91 Å². The molecule has 0 spiro atoms. The van der Waals surface area contributed by atoms with E-state index in [2.05, 4.69) is 5.43 Å². The molecule has 0 unspecified atom stereocenters. The van der Waals surface area contributed by atoms with Gasteiger partial charge in [0.2, 0.25) is 0 Å². The number of anilines is 1. The number of thiophene rings is 1. The Hall–Kier alpha value is -1.21. The zero-order chi connectivity index (χ0) is 13.8. The number of hydrazine groups is 1. The predicted octanol–water partition coefficient (Wildman–Crippen LogP) is 2.88. The molecule has 1 aromatic carbocycles. The summed E-state index contributed by atoms with van der Waals surface area (Å²) in [6, 6.07) is 9.09. The molecule has 0 aliphatic rings. The number of nitrogen functional groups attached to an aromatic ring is 2. The highest BCUT2D eigenvalue weighted by atomic mass is 35.5. The van der Waals surface area contributed by atoms with Crippen molar-refractivity contribution in [3.63, 3.8) is 0 Å². The van der Waals surface area contributed by atoms with E-state index in [1.807, 2.05) is 24.3 Å². The van der Waals surface area contributed by atoms with E-state index >= 15 is 0 Å². The highest BCUT2D eigenvalue weighted by Gasteiger charge is 2.10. The van der Waals surface area contributed by atoms with Crippen LogP contribution in [0.4, 0.5) is 5.69 Å². The number of nitrogens with one attached hydrogen (secondary N) is 1. The third-order valence-electron chi connectivity index (χ3n) is 2.37. The first-order valence-electron chi connectivity index (χ1n) is 5.38. The van der Waals surface area contributed by atoms with Gasteiger partial charge >= 0.3 is 0 Å². The standard InChI is InChI=1S/C12H12ClN3OS2/c13-8-2-1-3-9(14)11(8)18-6-7-4-5-10(19-7)12(17)16-15/h1-5H,6,14-15H2,(H,16,17). The summed E-state index contributed by atoms with van der Waals surface area (Å²) in [5.41, 5.74) is 8.65. The van der Waals surface area contributed by atoms with Crippen LogP contribution in [-0.2, 0) is 5.75 Å². The Balaban J connectivity index is 2.07. The van der Waals surface area contributed by atoms with Crippen LogP contribution in [0.1, 0.15) is 14.5 Å². The predicted molar refractivity (Wildman–Crippen MR) is 81.4 cm³/mol. The second kappa shape index (κ2) is 6.29. The maximum atomic E-state index is 11.3. The van der Waals surface area contributed by atoms with Gasteiger partial charge in [0.25, 0.3) is 5.91 Å². The molecule has 5 N–H and O–H groups in total. The number of hydrogen-bond donors (Lipinski definition) is 3. The number of hydrogen-bond acceptors (Lipinski definition) is 5. The number of benzene rings is 1. The molecule has 0 atom stereocenters. The van der Waals surface area contributed by atoms with Crippen molar-refractivity contribution in [2.24, 2.45) is 5.84 Å². The van der Waals surface area contributed by atoms with E-state index in [0.29, 0.717) is 21.3 Å². The summed E-state index contributed by atoms with van der Waals surface area (Å²) in [6.07, 6.45) is 0. The van der Waals surface area contributed by atoms with Gasteiger partial charge in [0, 0.05) is 21.2 Å². The number of carbonyl (C=O) groups is 1. The zero-order valence-electron chi connectivity index (χ0n) is 9.85. The molecule has 0 saturated heterocycles. The van der Waals surface area contributed by atoms with E-state index < -0.39 is 0 Å². The summed E-state index contributed by atoms with van der Waals surface area (Å²) < 4.78 is 0. The summed E-state index contributed by atoms with van der Waals surface area (Å²) in [5.74, 6) is 5.51. The third kappa shape index (κ3) is 3.42. The van der Waals surface area contributed by atoms with Gasteiger partial charge in [-0.2, -0.15) is 0 Å². The lowest BCUT2D eigenvalue weighted by molar-refractivity contribution is 0.0957. The molecule has 0 radical (unpaired) electrons. The quantitative estimate of drug-likeness (QED) is 0.266. The number of nitrogens with two attached hydrogens (primary N) is 2. The summed E-state index contributed by atoms with van der Waals surface area (Å²) in [7, 11) is 0. The summed E-state index contributed by atoms with van der Waals surface area (Å²) >= 11 is 9.05. The van der Waals surface area contributed by atoms with Gasteiger partial charge in [-0.3, -0.25) is 10.2 Å². The van der Waals surface area contributed by atoms with Gasteiger partial charge in [-0.25, -0.2) is 5.84 Å². The van der Waals surface area contributed by atoms with Crippen molar-refractivity contribution in [3.8, 4) is 0 Å². The molecule has 19 heavy (non-hydrogen) atoms. The van der Waals surface area contributed by atoms with Crippen molar-refractivity contribution in [1.29, 1.82) is 0 Å². The third-order valence-corrected chi connectivity index (χ3v) is 5.27. The molecular formula is C12H12ClN3OS2. The van der Waals surface area contributed by atoms with Crippen LogP contribution in [-0.4, -0.2) is 5.91 Å². The van der Waals surface area contributed by atoms with E-state index in [9.17, 15) is 4.79 Å². The lowest BCUT2D eigenvalue weighted by Crippen LogP contribution is -2.29. The van der Waals surface area contributed by atoms with Gasteiger partial charge in [-0.1, -0.05) is 17.7 Å². The molecular weight excluding hydrogens is 302 g/mol. The summed E-state index contributed by atoms with van der Waals surface area (Å²) in [5, 5.41) is 0.640. The fourth-order valence-corrected chi connectivity index (χ4v) is 3.76. The molecule has 0 bridgehead atoms. The fraction of sp³-hybridized carbons (Fsp3) is 0.0833. The Kier molecular flexibility index (Phi) is 4.71. The molecule has 7 heteroatoms. The number of amides is 1. The Labute approximate surface area is 124 Å². The smallest absolute Gasteiger partial charge is 0.275 e. The van der Waals surface area contributed by atoms with Crippen LogP contribution in [0, 0.1) is 0 Å². The van der Waals surface area contributed by atoms with Crippen molar-refractivity contribution in [2.75, 3.05) is 5.73 Å². The molecule has 0 aliphatic carbocycles. The molecule has 4 nitrogen and oxygen atoms in total. The van der Waals surface area contributed by atoms with Crippen LogP contribution in [0.2, 0.25) is 5.02 Å². The molecule has 100 valence electrons. The molecule has 2 aromatic rings. The van der Waals surface area contributed by atoms with Gasteiger partial charge in [0.1, 0.15) is 0 Å². The SMILES string of the molecule is NNC(=O)c1ccc(CSc2c(N)cccc2Cl)s1. The van der Waals surface area contributed by atoms with Crippen LogP contribution in [0.3, 0.4) is 0 Å². The Morgan fingerprint density at radius 1 is 1.37 bits per heavy atom. The summed E-state index contributed by atoms with van der Waals surface area (Å²) in [6.45, 7) is 0. The van der Waals surface area contributed by atoms with Crippen LogP contribution in [0.5, 0.6) is 0 Å². The van der Waals surface area contributed by atoms with Crippen molar-refractivity contribution >= 4 is 46.3 Å². The normalized spacial score (nSPS) is 10.4. The lowest BCUT2D eigenvalue weighted by Gasteiger charge is -2.06. The van der Waals surface area contributed by atoms with Crippen LogP contribution in [0.25, 0.3) is 0 Å². The minimum atomic E-state index is -0.279. The fourth-order valence-electron chi connectivity index (χ4n) is 1.47. The summed E-state index contributed by atoms with van der Waals surface area (Å²) in [4.78, 5) is 13.8. The maximum absolute atomic E-state index is 11.3. The van der Waals surface area contributed by atoms with Gasteiger partial charge < -0.3 is 5.73 Å². The van der Waals surface area contributed by atoms with E-state index in [1.165, 1.54) is 11.3 Å². The first-order chi connectivity index (χ1) is 9.11. The van der Waals surface area contributed by atoms with Gasteiger partial charge in [0.05, 0.1) is 9.90 Å². The van der Waals surface area contributed by atoms with Crippen LogP contribution >= 0.6 is 34.7 Å². The van der Waals surface area contributed by atoms with Crippen molar-refractivity contribution in [3.05, 3.63) is 45.1 Å². The number of thioether (sulfide) groups is 1. The first-order valence-corrected chi connectivity index (χ1v) is 7.56. The van der Waals surface area contributed by atoms with Crippen LogP contribution < -0.4 is 17.0 Å². The van der Waals surface area contributed by atoms with E-state index in [4.69, 9.17) is 23.2 Å². The highest BCUT2D eigenvalue weighted by Crippen LogP contribution is 2.35. The van der Waals surface area contributed by atoms with E-state index in [0.717, 1.165) is 9.77 Å². The highest BCUT2D eigenvalue weighted by molar-refractivity contribution is 7.99. The van der Waals surface area contributed by atoms with Gasteiger partial charge in [-0.05, 0) is 24.3 Å². The minimum absolute atomic E-state index is 0.279. The topological polar surface area (TPSA) is 81.1 Å².